The quantitative estimate of drug-likeness (QED) is 0.214. The second-order valence-corrected chi connectivity index (χ2v) is 8.62. The Balaban J connectivity index is 1.56. The highest BCUT2D eigenvalue weighted by atomic mass is 16.7. The van der Waals surface area contributed by atoms with Crippen LogP contribution in [0.15, 0.2) is 36.5 Å². The number of ether oxygens (including phenoxy) is 3. The fourth-order valence-electron chi connectivity index (χ4n) is 5.25. The van der Waals surface area contributed by atoms with Gasteiger partial charge in [0.1, 0.15) is 30.5 Å². The molecule has 9 heteroatoms. The van der Waals surface area contributed by atoms with Crippen LogP contribution in [-0.2, 0) is 19.0 Å². The smallest absolute Gasteiger partial charge is 0.334 e. The monoisotopic (exact) mass is 424 g/mol. The Morgan fingerprint density at radius 3 is 2.40 bits per heavy atom. The van der Waals surface area contributed by atoms with Crippen LogP contribution in [0.25, 0.3) is 0 Å². The van der Waals surface area contributed by atoms with Gasteiger partial charge in [0, 0.05) is 11.5 Å². The van der Waals surface area contributed by atoms with Crippen LogP contribution < -0.4 is 0 Å². The number of carbonyl (C=O) groups excluding carboxylic acids is 1. The van der Waals surface area contributed by atoms with Gasteiger partial charge in [0.25, 0.3) is 0 Å². The van der Waals surface area contributed by atoms with Crippen molar-refractivity contribution < 1.29 is 44.5 Å². The number of hydrogen-bond acceptors (Lipinski definition) is 9. The van der Waals surface area contributed by atoms with Crippen LogP contribution in [0.3, 0.4) is 0 Å². The first-order valence-electron chi connectivity index (χ1n) is 10.1. The van der Waals surface area contributed by atoms with Gasteiger partial charge in [-0.05, 0) is 24.3 Å². The summed E-state index contributed by atoms with van der Waals surface area (Å²) in [5.41, 5.74) is 1.61. The largest absolute Gasteiger partial charge is 0.458 e. The molecular formula is C21H28O9. The molecule has 0 amide bonds. The van der Waals surface area contributed by atoms with Crippen molar-refractivity contribution in [2.75, 3.05) is 6.61 Å². The third-order valence-corrected chi connectivity index (χ3v) is 6.92. The molecule has 0 bridgehead atoms. The van der Waals surface area contributed by atoms with Gasteiger partial charge in [0.15, 0.2) is 6.29 Å². The molecule has 5 N–H and O–H groups in total. The molecule has 2 saturated carbocycles. The van der Waals surface area contributed by atoms with E-state index in [0.29, 0.717) is 12.0 Å². The normalized spacial score (nSPS) is 48.9. The fraction of sp³-hybridized carbons (Fsp3) is 0.667. The van der Waals surface area contributed by atoms with Gasteiger partial charge in [-0.2, -0.15) is 0 Å². The lowest BCUT2D eigenvalue weighted by Gasteiger charge is -2.40. The number of esters is 1. The zero-order valence-corrected chi connectivity index (χ0v) is 16.5. The minimum atomic E-state index is -1.55. The molecule has 0 spiro atoms. The fourth-order valence-corrected chi connectivity index (χ4v) is 5.25. The third-order valence-electron chi connectivity index (χ3n) is 6.92. The van der Waals surface area contributed by atoms with Crippen molar-refractivity contribution in [1.29, 1.82) is 0 Å². The number of fused-ring (bicyclic) bond motifs is 3. The first-order chi connectivity index (χ1) is 14.1. The summed E-state index contributed by atoms with van der Waals surface area (Å²) in [6, 6.07) is 0. The van der Waals surface area contributed by atoms with Crippen molar-refractivity contribution in [3.63, 3.8) is 0 Å². The molecule has 166 valence electrons. The molecular weight excluding hydrogens is 396 g/mol. The summed E-state index contributed by atoms with van der Waals surface area (Å²) in [6.07, 6.45) is -8.30. The van der Waals surface area contributed by atoms with Crippen LogP contribution in [-0.4, -0.2) is 87.1 Å². The zero-order chi connectivity index (χ0) is 21.9. The molecule has 4 aliphatic rings. The van der Waals surface area contributed by atoms with Crippen molar-refractivity contribution in [1.82, 2.24) is 0 Å². The summed E-state index contributed by atoms with van der Waals surface area (Å²) in [6.45, 7) is 11.5. The molecule has 11 atom stereocenters. The summed E-state index contributed by atoms with van der Waals surface area (Å²) in [4.78, 5) is 12.1. The molecule has 0 unspecified atom stereocenters. The molecule has 2 aliphatic heterocycles. The maximum absolute atomic E-state index is 12.1. The minimum absolute atomic E-state index is 0.171. The molecule has 0 aromatic carbocycles. The van der Waals surface area contributed by atoms with Gasteiger partial charge >= 0.3 is 5.97 Å². The zero-order valence-electron chi connectivity index (χ0n) is 16.5. The maximum Gasteiger partial charge on any atom is 0.334 e. The van der Waals surface area contributed by atoms with Crippen LogP contribution in [0.2, 0.25) is 0 Å². The lowest BCUT2D eigenvalue weighted by molar-refractivity contribution is -0.308. The second-order valence-electron chi connectivity index (χ2n) is 8.62. The predicted molar refractivity (Wildman–Crippen MR) is 102 cm³/mol. The van der Waals surface area contributed by atoms with Crippen LogP contribution in [0.5, 0.6) is 0 Å². The number of hydrogen-bond donors (Lipinski definition) is 5. The van der Waals surface area contributed by atoms with E-state index in [1.165, 1.54) is 0 Å². The molecule has 9 nitrogen and oxygen atoms in total. The number of rotatable bonds is 3. The highest BCUT2D eigenvalue weighted by Crippen LogP contribution is 2.53. The van der Waals surface area contributed by atoms with E-state index in [0.717, 1.165) is 5.57 Å². The van der Waals surface area contributed by atoms with E-state index < -0.39 is 67.5 Å². The minimum Gasteiger partial charge on any atom is -0.458 e. The van der Waals surface area contributed by atoms with Crippen molar-refractivity contribution in [3.05, 3.63) is 36.5 Å². The number of aliphatic hydroxyl groups excluding tert-OH is 5. The van der Waals surface area contributed by atoms with Gasteiger partial charge in [-0.25, -0.2) is 4.79 Å². The standard InChI is InChI=1S/C21H28O9/c1-7-4-11(23)15-9(3)20(27)30-19(15)14-8(2)12(5-10(7)14)28-21-18(26)17(25)16(24)13(6-22)29-21/h10-19,21-26H,1-6H2/t10-,11+,12-,13+,14-,15-,16+,17-,18+,19-,21+/m0/s1. The molecule has 2 saturated heterocycles. The van der Waals surface area contributed by atoms with Crippen molar-refractivity contribution in [2.24, 2.45) is 17.8 Å². The van der Waals surface area contributed by atoms with Gasteiger partial charge in [-0.1, -0.05) is 25.3 Å². The Kier molecular flexibility index (Phi) is 5.65. The molecule has 0 radical (unpaired) electrons. The first-order valence-corrected chi connectivity index (χ1v) is 10.1. The predicted octanol–water partition coefficient (Wildman–Crippen LogP) is -1.22. The average molecular weight is 424 g/mol. The van der Waals surface area contributed by atoms with E-state index in [2.05, 4.69) is 19.7 Å². The van der Waals surface area contributed by atoms with E-state index in [1.54, 1.807) is 0 Å². The summed E-state index contributed by atoms with van der Waals surface area (Å²) in [5.74, 6) is -1.62. The third kappa shape index (κ3) is 3.25. The van der Waals surface area contributed by atoms with Gasteiger partial charge in [0.05, 0.1) is 24.7 Å². The second kappa shape index (κ2) is 7.83. The molecule has 30 heavy (non-hydrogen) atoms. The van der Waals surface area contributed by atoms with Crippen LogP contribution in [0.4, 0.5) is 0 Å². The Labute approximate surface area is 173 Å². The Bertz CT molecular complexity index is 762. The van der Waals surface area contributed by atoms with E-state index in [9.17, 15) is 30.3 Å². The lowest BCUT2D eigenvalue weighted by atomic mass is 9.81. The molecule has 4 rings (SSSR count). The topological polar surface area (TPSA) is 146 Å². The molecule has 4 fully saturated rings. The summed E-state index contributed by atoms with van der Waals surface area (Å²) in [7, 11) is 0. The van der Waals surface area contributed by atoms with Crippen molar-refractivity contribution >= 4 is 5.97 Å². The molecule has 2 heterocycles. The van der Waals surface area contributed by atoms with E-state index in [4.69, 9.17) is 14.2 Å². The summed E-state index contributed by atoms with van der Waals surface area (Å²) in [5, 5.41) is 50.2. The average Bonchev–Trinajstić information content (AvgIpc) is 3.15. The highest BCUT2D eigenvalue weighted by Gasteiger charge is 2.56. The van der Waals surface area contributed by atoms with Gasteiger partial charge in [-0.3, -0.25) is 0 Å². The van der Waals surface area contributed by atoms with E-state index in [-0.39, 0.29) is 23.8 Å². The Morgan fingerprint density at radius 2 is 1.73 bits per heavy atom. The first kappa shape index (κ1) is 21.6. The Morgan fingerprint density at radius 1 is 1.03 bits per heavy atom. The van der Waals surface area contributed by atoms with E-state index in [1.807, 2.05) is 0 Å². The van der Waals surface area contributed by atoms with Crippen LogP contribution in [0.1, 0.15) is 12.8 Å². The van der Waals surface area contributed by atoms with E-state index >= 15 is 0 Å². The molecule has 0 aromatic heterocycles. The number of aliphatic hydroxyl groups is 5. The molecule has 2 aliphatic carbocycles. The van der Waals surface area contributed by atoms with Crippen LogP contribution >= 0.6 is 0 Å². The maximum atomic E-state index is 12.1. The molecule has 0 aromatic rings. The van der Waals surface area contributed by atoms with Crippen LogP contribution in [0, 0.1) is 17.8 Å². The summed E-state index contributed by atoms with van der Waals surface area (Å²) < 4.78 is 16.9. The Hall–Kier alpha value is -1.59. The van der Waals surface area contributed by atoms with Gasteiger partial charge < -0.3 is 39.7 Å². The SMILES string of the molecule is C=C1C(=O)O[C@@H]2[C@@H]1[C@H](O)CC(=C)[C@@H]1C[C@H](O[C@@H]3O[C@H](CO)[C@@H](O)[C@H](O)[C@H]3O)C(=C)[C@H]21. The number of carbonyl (C=O) groups is 1. The van der Waals surface area contributed by atoms with Crippen molar-refractivity contribution in [2.45, 2.75) is 61.9 Å². The van der Waals surface area contributed by atoms with Crippen molar-refractivity contribution in [3.8, 4) is 0 Å². The van der Waals surface area contributed by atoms with Gasteiger partial charge in [-0.15, -0.1) is 0 Å². The van der Waals surface area contributed by atoms with Gasteiger partial charge in [0.2, 0.25) is 0 Å². The highest BCUT2D eigenvalue weighted by molar-refractivity contribution is 5.91. The lowest BCUT2D eigenvalue weighted by Crippen LogP contribution is -2.59. The summed E-state index contributed by atoms with van der Waals surface area (Å²) >= 11 is 0.